The lowest BCUT2D eigenvalue weighted by Crippen LogP contribution is -1.98. The highest BCUT2D eigenvalue weighted by Gasteiger charge is 2.11. The van der Waals surface area contributed by atoms with Gasteiger partial charge in [0.25, 0.3) is 0 Å². The molecule has 0 radical (unpaired) electrons. The molecule has 0 unspecified atom stereocenters. The molecule has 0 amide bonds. The summed E-state index contributed by atoms with van der Waals surface area (Å²) < 4.78 is 0.894. The number of aliphatic carboxylic acids is 1. The monoisotopic (exact) mass is 312 g/mol. The second-order valence-electron chi connectivity index (χ2n) is 3.37. The van der Waals surface area contributed by atoms with Crippen molar-refractivity contribution in [2.75, 3.05) is 0 Å². The second kappa shape index (κ2) is 5.37. The number of carbonyl (C=O) groups is 1. The quantitative estimate of drug-likeness (QED) is 0.942. The lowest BCUT2D eigenvalue weighted by molar-refractivity contribution is -0.136. The Hall–Kier alpha value is -1.27. The number of aromatic nitrogens is 2. The number of pyridine rings is 1. The molecule has 0 saturated heterocycles. The third-order valence-corrected chi connectivity index (χ3v) is 4.03. The van der Waals surface area contributed by atoms with Gasteiger partial charge < -0.3 is 5.11 Å². The molecule has 17 heavy (non-hydrogen) atoms. The van der Waals surface area contributed by atoms with E-state index in [9.17, 15) is 4.79 Å². The molecule has 2 aromatic heterocycles. The molecular weight excluding hydrogens is 304 g/mol. The molecule has 2 rings (SSSR count). The third-order valence-electron chi connectivity index (χ3n) is 2.15. The van der Waals surface area contributed by atoms with Crippen LogP contribution in [-0.4, -0.2) is 21.0 Å². The van der Waals surface area contributed by atoms with E-state index in [0.717, 1.165) is 20.1 Å². The normalized spacial score (nSPS) is 10.4. The molecule has 0 atom stereocenters. The first-order valence-corrected chi connectivity index (χ1v) is 6.55. The van der Waals surface area contributed by atoms with Gasteiger partial charge in [0, 0.05) is 24.4 Å². The van der Waals surface area contributed by atoms with Gasteiger partial charge in [0.1, 0.15) is 5.01 Å². The van der Waals surface area contributed by atoms with E-state index >= 15 is 0 Å². The van der Waals surface area contributed by atoms with Gasteiger partial charge in [-0.25, -0.2) is 4.98 Å². The molecule has 0 aliphatic rings. The van der Waals surface area contributed by atoms with Crippen molar-refractivity contribution in [2.24, 2.45) is 0 Å². The third kappa shape index (κ3) is 3.10. The van der Waals surface area contributed by atoms with Crippen LogP contribution in [0.5, 0.6) is 0 Å². The molecule has 0 fully saturated rings. The number of carboxylic acids is 1. The fourth-order valence-corrected chi connectivity index (χ4v) is 2.92. The van der Waals surface area contributed by atoms with Crippen LogP contribution in [0.2, 0.25) is 0 Å². The Bertz CT molecular complexity index is 528. The average Bonchev–Trinajstić information content (AvgIpc) is 2.69. The van der Waals surface area contributed by atoms with Crippen molar-refractivity contribution in [3.8, 4) is 10.6 Å². The number of thiazole rings is 1. The SMILES string of the molecule is O=C(O)CCc1nc(-c2ccncc2)sc1Br. The van der Waals surface area contributed by atoms with Crippen LogP contribution in [0.15, 0.2) is 28.3 Å². The first kappa shape index (κ1) is 12.2. The van der Waals surface area contributed by atoms with E-state index in [1.54, 1.807) is 12.4 Å². The van der Waals surface area contributed by atoms with Gasteiger partial charge in [-0.3, -0.25) is 9.78 Å². The zero-order chi connectivity index (χ0) is 12.3. The zero-order valence-corrected chi connectivity index (χ0v) is 11.2. The van der Waals surface area contributed by atoms with Crippen molar-refractivity contribution in [2.45, 2.75) is 12.8 Å². The summed E-state index contributed by atoms with van der Waals surface area (Å²) in [5.74, 6) is -0.810. The first-order valence-electron chi connectivity index (χ1n) is 4.94. The minimum Gasteiger partial charge on any atom is -0.481 e. The lowest BCUT2D eigenvalue weighted by Gasteiger charge is -1.94. The van der Waals surface area contributed by atoms with E-state index in [4.69, 9.17) is 5.11 Å². The fraction of sp³-hybridized carbons (Fsp3) is 0.182. The maximum atomic E-state index is 10.5. The van der Waals surface area contributed by atoms with Crippen molar-refractivity contribution in [3.63, 3.8) is 0 Å². The lowest BCUT2D eigenvalue weighted by atomic mass is 10.2. The number of aryl methyl sites for hydroxylation is 1. The fourth-order valence-electron chi connectivity index (χ4n) is 1.33. The molecule has 2 heterocycles. The minimum absolute atomic E-state index is 0.0954. The van der Waals surface area contributed by atoms with E-state index in [1.807, 2.05) is 12.1 Å². The van der Waals surface area contributed by atoms with Gasteiger partial charge in [0.05, 0.1) is 15.9 Å². The number of rotatable bonds is 4. The van der Waals surface area contributed by atoms with Crippen LogP contribution in [0.4, 0.5) is 0 Å². The topological polar surface area (TPSA) is 63.1 Å². The minimum atomic E-state index is -0.810. The highest BCUT2D eigenvalue weighted by atomic mass is 79.9. The number of halogens is 1. The Labute approximate surface area is 110 Å². The molecular formula is C11H9BrN2O2S. The molecule has 0 saturated carbocycles. The van der Waals surface area contributed by atoms with Gasteiger partial charge in [-0.1, -0.05) is 0 Å². The van der Waals surface area contributed by atoms with Crippen LogP contribution < -0.4 is 0 Å². The van der Waals surface area contributed by atoms with Gasteiger partial charge in [0.15, 0.2) is 0 Å². The molecule has 0 spiro atoms. The van der Waals surface area contributed by atoms with E-state index in [1.165, 1.54) is 11.3 Å². The summed E-state index contributed by atoms with van der Waals surface area (Å²) in [6.45, 7) is 0. The average molecular weight is 313 g/mol. The van der Waals surface area contributed by atoms with E-state index in [0.29, 0.717) is 6.42 Å². The first-order chi connectivity index (χ1) is 8.16. The molecule has 0 aromatic carbocycles. The van der Waals surface area contributed by atoms with Crippen LogP contribution in [-0.2, 0) is 11.2 Å². The van der Waals surface area contributed by atoms with Crippen LogP contribution in [0.1, 0.15) is 12.1 Å². The van der Waals surface area contributed by atoms with E-state index < -0.39 is 5.97 Å². The summed E-state index contributed by atoms with van der Waals surface area (Å²) in [5, 5.41) is 9.52. The van der Waals surface area contributed by atoms with Crippen LogP contribution in [0, 0.1) is 0 Å². The molecule has 0 bridgehead atoms. The van der Waals surface area contributed by atoms with Crippen LogP contribution >= 0.6 is 27.3 Å². The maximum absolute atomic E-state index is 10.5. The van der Waals surface area contributed by atoms with Gasteiger partial charge in [-0.05, 0) is 28.1 Å². The smallest absolute Gasteiger partial charge is 0.303 e. The van der Waals surface area contributed by atoms with E-state index in [-0.39, 0.29) is 6.42 Å². The maximum Gasteiger partial charge on any atom is 0.303 e. The Morgan fingerprint density at radius 3 is 2.76 bits per heavy atom. The molecule has 1 N–H and O–H groups in total. The van der Waals surface area contributed by atoms with Crippen molar-refractivity contribution < 1.29 is 9.90 Å². The number of nitrogens with zero attached hydrogens (tertiary/aromatic N) is 2. The number of hydrogen-bond donors (Lipinski definition) is 1. The number of hydrogen-bond acceptors (Lipinski definition) is 4. The zero-order valence-electron chi connectivity index (χ0n) is 8.76. The Kier molecular flexibility index (Phi) is 3.86. The summed E-state index contributed by atoms with van der Waals surface area (Å²) in [4.78, 5) is 18.9. The predicted molar refractivity (Wildman–Crippen MR) is 69.0 cm³/mol. The number of carboxylic acid groups (broad SMARTS) is 1. The summed E-state index contributed by atoms with van der Waals surface area (Å²) in [7, 11) is 0. The van der Waals surface area contributed by atoms with Crippen molar-refractivity contribution in [1.82, 2.24) is 9.97 Å². The Morgan fingerprint density at radius 2 is 2.12 bits per heavy atom. The molecule has 6 heteroatoms. The summed E-state index contributed by atoms with van der Waals surface area (Å²) >= 11 is 4.92. The summed E-state index contributed by atoms with van der Waals surface area (Å²) in [6, 6.07) is 3.76. The highest BCUT2D eigenvalue weighted by Crippen LogP contribution is 2.32. The van der Waals surface area contributed by atoms with Crippen LogP contribution in [0.25, 0.3) is 10.6 Å². The highest BCUT2D eigenvalue weighted by molar-refractivity contribution is 9.11. The van der Waals surface area contributed by atoms with Gasteiger partial charge in [-0.2, -0.15) is 0 Å². The van der Waals surface area contributed by atoms with Crippen LogP contribution in [0.3, 0.4) is 0 Å². The largest absolute Gasteiger partial charge is 0.481 e. The summed E-state index contributed by atoms with van der Waals surface area (Å²) in [6.07, 6.45) is 3.96. The van der Waals surface area contributed by atoms with Crippen molar-refractivity contribution >= 4 is 33.2 Å². The Balaban J connectivity index is 2.22. The van der Waals surface area contributed by atoms with Crippen molar-refractivity contribution in [3.05, 3.63) is 34.0 Å². The molecule has 88 valence electrons. The van der Waals surface area contributed by atoms with Gasteiger partial charge >= 0.3 is 5.97 Å². The predicted octanol–water partition coefficient (Wildman–Crippen LogP) is 2.98. The molecule has 0 aliphatic heterocycles. The standard InChI is InChI=1S/C11H9BrN2O2S/c12-10-8(1-2-9(15)16)14-11(17-10)7-3-5-13-6-4-7/h3-6H,1-2H2,(H,15,16). The van der Waals surface area contributed by atoms with Gasteiger partial charge in [0.2, 0.25) is 0 Å². The van der Waals surface area contributed by atoms with E-state index in [2.05, 4.69) is 25.9 Å². The molecule has 4 nitrogen and oxygen atoms in total. The molecule has 0 aliphatic carbocycles. The Morgan fingerprint density at radius 1 is 1.41 bits per heavy atom. The van der Waals surface area contributed by atoms with Gasteiger partial charge in [-0.15, -0.1) is 11.3 Å². The van der Waals surface area contributed by atoms with Crippen molar-refractivity contribution in [1.29, 1.82) is 0 Å². The second-order valence-corrected chi connectivity index (χ2v) is 5.69. The summed E-state index contributed by atoms with van der Waals surface area (Å²) in [5.41, 5.74) is 1.79. The molecule has 2 aromatic rings.